The molecule has 2 unspecified atom stereocenters. The lowest BCUT2D eigenvalue weighted by Crippen LogP contribution is -2.26. The Morgan fingerprint density at radius 2 is 1.74 bits per heavy atom. The summed E-state index contributed by atoms with van der Waals surface area (Å²) < 4.78 is 32.3. The summed E-state index contributed by atoms with van der Waals surface area (Å²) in [6.45, 7) is 6.54. The summed E-state index contributed by atoms with van der Waals surface area (Å²) in [4.78, 5) is 6.96. The first kappa shape index (κ1) is 30.7. The van der Waals surface area contributed by atoms with E-state index in [1.165, 1.54) is 41.7 Å². The molecule has 1 N–H and O–H groups in total. The summed E-state index contributed by atoms with van der Waals surface area (Å²) in [7, 11) is 3.31. The number of phenols is 1. The predicted octanol–water partition coefficient (Wildman–Crippen LogP) is 7.88. The standard InChI is InChI=1S/C36H45FN2O4/c1-5-7-25-12-14-32(25)38-16-17-43-34-15-8-24(18-31(34)37)23-39(6-2)33-22-36(42-4)35(41-3)21-30(33)28-10-9-27-20-29(40)13-11-26(27)19-28/h8,11,13,15,18,20-22,25,28,40H,5-7,9-10,12,14,16-17,19,23H2,1-4H3. The van der Waals surface area contributed by atoms with Gasteiger partial charge in [0.2, 0.25) is 0 Å². The third kappa shape index (κ3) is 7.09. The molecule has 2 aliphatic carbocycles. The van der Waals surface area contributed by atoms with E-state index in [2.05, 4.69) is 24.8 Å². The minimum atomic E-state index is -0.353. The Labute approximate surface area is 255 Å². The summed E-state index contributed by atoms with van der Waals surface area (Å²) in [6.07, 6.45) is 7.44. The van der Waals surface area contributed by atoms with Gasteiger partial charge < -0.3 is 24.2 Å². The number of rotatable bonds is 13. The van der Waals surface area contributed by atoms with Gasteiger partial charge in [0.25, 0.3) is 0 Å². The number of ether oxygens (including phenoxy) is 3. The highest BCUT2D eigenvalue weighted by atomic mass is 19.1. The van der Waals surface area contributed by atoms with E-state index in [0.29, 0.717) is 42.9 Å². The molecule has 230 valence electrons. The van der Waals surface area contributed by atoms with Crippen molar-refractivity contribution in [2.75, 3.05) is 38.8 Å². The Morgan fingerprint density at radius 1 is 0.930 bits per heavy atom. The number of methoxy groups -OCH3 is 2. The average Bonchev–Trinajstić information content (AvgIpc) is 3.01. The smallest absolute Gasteiger partial charge is 0.165 e. The molecule has 0 saturated heterocycles. The Hall–Kier alpha value is -3.74. The molecule has 3 aromatic carbocycles. The number of nitrogens with zero attached hydrogens (tertiary/aromatic N) is 2. The molecular weight excluding hydrogens is 543 g/mol. The number of aromatic hydroxyl groups is 1. The third-order valence-electron chi connectivity index (χ3n) is 9.00. The topological polar surface area (TPSA) is 63.5 Å². The van der Waals surface area contributed by atoms with Gasteiger partial charge in [-0.3, -0.25) is 4.99 Å². The van der Waals surface area contributed by atoms with E-state index in [9.17, 15) is 5.11 Å². The van der Waals surface area contributed by atoms with E-state index in [4.69, 9.17) is 19.2 Å². The Bertz CT molecular complexity index is 1440. The Morgan fingerprint density at radius 3 is 2.44 bits per heavy atom. The van der Waals surface area contributed by atoms with Gasteiger partial charge in [-0.25, -0.2) is 4.39 Å². The van der Waals surface area contributed by atoms with Gasteiger partial charge in [-0.05, 0) is 110 Å². The van der Waals surface area contributed by atoms with Crippen LogP contribution in [-0.4, -0.2) is 44.7 Å². The summed E-state index contributed by atoms with van der Waals surface area (Å²) in [6, 6.07) is 15.1. The van der Waals surface area contributed by atoms with Crippen LogP contribution in [0.4, 0.5) is 10.1 Å². The van der Waals surface area contributed by atoms with E-state index in [0.717, 1.165) is 43.5 Å². The Balaban J connectivity index is 1.32. The Kier molecular flexibility index (Phi) is 10.1. The van der Waals surface area contributed by atoms with E-state index in [1.807, 2.05) is 24.3 Å². The van der Waals surface area contributed by atoms with Gasteiger partial charge in [0, 0.05) is 30.6 Å². The highest BCUT2D eigenvalue weighted by Gasteiger charge is 2.27. The van der Waals surface area contributed by atoms with E-state index in [1.54, 1.807) is 32.4 Å². The van der Waals surface area contributed by atoms with Gasteiger partial charge in [-0.1, -0.05) is 25.5 Å². The molecule has 7 heteroatoms. The number of fused-ring (bicyclic) bond motifs is 1. The molecule has 1 saturated carbocycles. The number of anilines is 1. The van der Waals surface area contributed by atoms with Crippen molar-refractivity contribution in [3.8, 4) is 23.0 Å². The molecule has 3 aromatic rings. The molecule has 2 atom stereocenters. The van der Waals surface area contributed by atoms with Crippen LogP contribution in [0.3, 0.4) is 0 Å². The highest BCUT2D eigenvalue weighted by molar-refractivity contribution is 5.91. The molecule has 43 heavy (non-hydrogen) atoms. The second kappa shape index (κ2) is 14.2. The molecule has 1 fully saturated rings. The minimum Gasteiger partial charge on any atom is -0.508 e. The number of aryl methyl sites for hydroxylation is 1. The summed E-state index contributed by atoms with van der Waals surface area (Å²) in [5.41, 5.74) is 6.88. The van der Waals surface area contributed by atoms with Crippen LogP contribution in [0.15, 0.2) is 53.5 Å². The second-order valence-corrected chi connectivity index (χ2v) is 11.7. The molecular formula is C36H45FN2O4. The van der Waals surface area contributed by atoms with Crippen LogP contribution in [0.2, 0.25) is 0 Å². The van der Waals surface area contributed by atoms with Crippen LogP contribution in [0.25, 0.3) is 0 Å². The SMILES string of the molecule is CCCC1CCC1=NCCOc1ccc(CN(CC)c2cc(OC)c(OC)cc2C2CCc3cc(O)ccc3C2)cc1F. The average molecular weight is 589 g/mol. The molecule has 0 bridgehead atoms. The first-order valence-corrected chi connectivity index (χ1v) is 15.7. The molecule has 0 radical (unpaired) electrons. The van der Waals surface area contributed by atoms with Gasteiger partial charge in [-0.15, -0.1) is 0 Å². The van der Waals surface area contributed by atoms with Gasteiger partial charge in [0.15, 0.2) is 23.1 Å². The molecule has 5 rings (SSSR count). The van der Waals surface area contributed by atoms with Crippen LogP contribution >= 0.6 is 0 Å². The zero-order chi connectivity index (χ0) is 30.3. The number of halogens is 1. The lowest BCUT2D eigenvalue weighted by atomic mass is 9.79. The van der Waals surface area contributed by atoms with Crippen LogP contribution in [-0.2, 0) is 19.4 Å². The van der Waals surface area contributed by atoms with E-state index in [-0.39, 0.29) is 17.5 Å². The lowest BCUT2D eigenvalue weighted by Gasteiger charge is -2.32. The van der Waals surface area contributed by atoms with Gasteiger partial charge in [-0.2, -0.15) is 0 Å². The first-order valence-electron chi connectivity index (χ1n) is 15.7. The molecule has 2 aliphatic rings. The zero-order valence-corrected chi connectivity index (χ0v) is 26.0. The third-order valence-corrected chi connectivity index (χ3v) is 9.00. The fourth-order valence-electron chi connectivity index (χ4n) is 6.53. The molecule has 0 spiro atoms. The van der Waals surface area contributed by atoms with Gasteiger partial charge in [0.1, 0.15) is 12.4 Å². The van der Waals surface area contributed by atoms with Gasteiger partial charge >= 0.3 is 0 Å². The quantitative estimate of drug-likeness (QED) is 0.206. The maximum absolute atomic E-state index is 15.2. The number of hydrogen-bond donors (Lipinski definition) is 1. The van der Waals surface area contributed by atoms with E-state index >= 15 is 4.39 Å². The van der Waals surface area contributed by atoms with Crippen molar-refractivity contribution in [3.63, 3.8) is 0 Å². The molecule has 0 heterocycles. The fourth-order valence-corrected chi connectivity index (χ4v) is 6.53. The number of phenolic OH excluding ortho intramolecular Hbond substituents is 1. The first-order chi connectivity index (χ1) is 20.9. The summed E-state index contributed by atoms with van der Waals surface area (Å²) in [5.74, 6) is 2.50. The monoisotopic (exact) mass is 588 g/mol. The predicted molar refractivity (Wildman–Crippen MR) is 171 cm³/mol. The number of benzene rings is 3. The lowest BCUT2D eigenvalue weighted by molar-refractivity contribution is 0.310. The van der Waals surface area contributed by atoms with Crippen molar-refractivity contribution in [3.05, 3.63) is 76.6 Å². The van der Waals surface area contributed by atoms with Crippen LogP contribution < -0.4 is 19.1 Å². The highest BCUT2D eigenvalue weighted by Crippen LogP contribution is 2.43. The van der Waals surface area contributed by atoms with Gasteiger partial charge in [0.05, 0.1) is 20.8 Å². The molecule has 0 amide bonds. The van der Waals surface area contributed by atoms with Crippen molar-refractivity contribution in [1.29, 1.82) is 0 Å². The minimum absolute atomic E-state index is 0.268. The zero-order valence-electron chi connectivity index (χ0n) is 26.0. The van der Waals surface area contributed by atoms with E-state index < -0.39 is 0 Å². The van der Waals surface area contributed by atoms with Crippen molar-refractivity contribution in [2.45, 2.75) is 71.3 Å². The number of aliphatic imine (C=N–C) groups is 1. The van der Waals surface area contributed by atoms with Crippen molar-refractivity contribution < 1.29 is 23.7 Å². The maximum atomic E-state index is 15.2. The normalized spacial score (nSPS) is 18.6. The molecule has 0 aromatic heterocycles. The van der Waals surface area contributed by atoms with Crippen molar-refractivity contribution in [1.82, 2.24) is 0 Å². The maximum Gasteiger partial charge on any atom is 0.165 e. The van der Waals surface area contributed by atoms with Crippen molar-refractivity contribution in [2.24, 2.45) is 10.9 Å². The second-order valence-electron chi connectivity index (χ2n) is 11.7. The largest absolute Gasteiger partial charge is 0.508 e. The van der Waals surface area contributed by atoms with Crippen molar-refractivity contribution >= 4 is 11.4 Å². The molecule has 0 aliphatic heterocycles. The summed E-state index contributed by atoms with van der Waals surface area (Å²) >= 11 is 0. The van der Waals surface area contributed by atoms with Crippen LogP contribution in [0.1, 0.15) is 74.1 Å². The fraction of sp³-hybridized carbons (Fsp3) is 0.472. The summed E-state index contributed by atoms with van der Waals surface area (Å²) in [5, 5.41) is 9.96. The molecule has 6 nitrogen and oxygen atoms in total. The van der Waals surface area contributed by atoms with Crippen LogP contribution in [0, 0.1) is 11.7 Å². The van der Waals surface area contributed by atoms with Crippen LogP contribution in [0.5, 0.6) is 23.0 Å². The number of hydrogen-bond acceptors (Lipinski definition) is 6.